The van der Waals surface area contributed by atoms with Crippen LogP contribution in [0, 0.1) is 6.92 Å². The van der Waals surface area contributed by atoms with Crippen molar-refractivity contribution in [3.63, 3.8) is 0 Å². The highest BCUT2D eigenvalue weighted by atomic mass is 35.5. The quantitative estimate of drug-likeness (QED) is 0.531. The van der Waals surface area contributed by atoms with Gasteiger partial charge in [0.2, 0.25) is 5.91 Å². The molecule has 0 radical (unpaired) electrons. The first-order chi connectivity index (χ1) is 13.6. The monoisotopic (exact) mass is 389 g/mol. The fourth-order valence-electron chi connectivity index (χ4n) is 3.18. The van der Waals surface area contributed by atoms with Crippen LogP contribution in [0.4, 0.5) is 0 Å². The molecule has 28 heavy (non-hydrogen) atoms. The molecular weight excluding hydrogens is 370 g/mol. The lowest BCUT2D eigenvalue weighted by Crippen LogP contribution is -2.25. The Kier molecular flexibility index (Phi) is 5.13. The van der Waals surface area contributed by atoms with Gasteiger partial charge in [-0.05, 0) is 36.8 Å². The second kappa shape index (κ2) is 7.87. The van der Waals surface area contributed by atoms with Crippen LogP contribution in [0.15, 0.2) is 72.9 Å². The number of nitrogens with one attached hydrogen (secondary N) is 1. The Morgan fingerprint density at radius 2 is 1.79 bits per heavy atom. The van der Waals surface area contributed by atoms with Gasteiger partial charge in [-0.1, -0.05) is 59.6 Å². The number of aryl methyl sites for hydroxylation is 1. The first kappa shape index (κ1) is 18.3. The number of carbonyl (C=O) groups excluding carboxylic acids is 1. The summed E-state index contributed by atoms with van der Waals surface area (Å²) in [5.41, 5.74) is 5.69. The average molecular weight is 390 g/mol. The molecule has 1 N–H and O–H groups in total. The van der Waals surface area contributed by atoms with Crippen LogP contribution in [0.5, 0.6) is 0 Å². The van der Waals surface area contributed by atoms with Crippen molar-refractivity contribution < 1.29 is 4.79 Å². The molecule has 140 valence electrons. The number of nitrogens with zero attached hydrogens (tertiary/aromatic N) is 2. The maximum absolute atomic E-state index is 12.7. The minimum Gasteiger partial charge on any atom is -0.352 e. The van der Waals surface area contributed by atoms with E-state index in [4.69, 9.17) is 16.6 Å². The van der Waals surface area contributed by atoms with Crippen LogP contribution in [-0.2, 0) is 17.8 Å². The Hall–Kier alpha value is -3.11. The van der Waals surface area contributed by atoms with E-state index < -0.39 is 0 Å². The average Bonchev–Trinajstić information content (AvgIpc) is 3.07. The van der Waals surface area contributed by atoms with Crippen molar-refractivity contribution in [2.75, 3.05) is 0 Å². The zero-order chi connectivity index (χ0) is 19.5. The lowest BCUT2D eigenvalue weighted by atomic mass is 10.1. The summed E-state index contributed by atoms with van der Waals surface area (Å²) in [5, 5.41) is 3.68. The molecule has 0 spiro atoms. The molecule has 2 aromatic heterocycles. The van der Waals surface area contributed by atoms with Gasteiger partial charge in [-0.25, -0.2) is 4.98 Å². The highest BCUT2D eigenvalue weighted by Crippen LogP contribution is 2.26. The molecular formula is C23H20ClN3O. The molecule has 0 aliphatic carbocycles. The first-order valence-corrected chi connectivity index (χ1v) is 9.52. The number of amides is 1. The van der Waals surface area contributed by atoms with Gasteiger partial charge in [0.25, 0.3) is 0 Å². The van der Waals surface area contributed by atoms with Gasteiger partial charge in [0.15, 0.2) is 0 Å². The van der Waals surface area contributed by atoms with E-state index in [1.807, 2.05) is 84.3 Å². The Bertz CT molecular complexity index is 1120. The van der Waals surface area contributed by atoms with Crippen molar-refractivity contribution >= 4 is 23.2 Å². The fraction of sp³-hybridized carbons (Fsp3) is 0.130. The minimum atomic E-state index is -0.0403. The highest BCUT2D eigenvalue weighted by Gasteiger charge is 2.17. The number of pyridine rings is 1. The summed E-state index contributed by atoms with van der Waals surface area (Å²) < 4.78 is 1.97. The normalized spacial score (nSPS) is 10.9. The number of hydrogen-bond donors (Lipinski definition) is 1. The summed E-state index contributed by atoms with van der Waals surface area (Å²) >= 11 is 6.02. The summed E-state index contributed by atoms with van der Waals surface area (Å²) in [6, 6.07) is 21.5. The maximum Gasteiger partial charge on any atom is 0.226 e. The first-order valence-electron chi connectivity index (χ1n) is 9.14. The maximum atomic E-state index is 12.7. The van der Waals surface area contributed by atoms with Crippen molar-refractivity contribution in [1.29, 1.82) is 0 Å². The third-order valence-electron chi connectivity index (χ3n) is 4.68. The summed E-state index contributed by atoms with van der Waals surface area (Å²) in [5.74, 6) is -0.0403. The Morgan fingerprint density at radius 3 is 2.54 bits per heavy atom. The summed E-state index contributed by atoms with van der Waals surface area (Å²) in [6.45, 7) is 2.55. The van der Waals surface area contributed by atoms with Gasteiger partial charge in [0.05, 0.1) is 17.8 Å². The molecule has 2 heterocycles. The predicted molar refractivity (Wildman–Crippen MR) is 112 cm³/mol. The summed E-state index contributed by atoms with van der Waals surface area (Å²) in [6.07, 6.45) is 2.18. The standard InChI is InChI=1S/C23H20ClN3O/c1-16-5-7-17(8-6-16)15-25-22(28)14-20-23(18-9-11-19(24)12-10-18)26-21-4-2-3-13-27(20)21/h2-13H,14-15H2,1H3,(H,25,28). The third kappa shape index (κ3) is 3.92. The number of hydrogen-bond acceptors (Lipinski definition) is 2. The van der Waals surface area contributed by atoms with E-state index in [9.17, 15) is 4.79 Å². The number of carbonyl (C=O) groups is 1. The molecule has 0 unspecified atom stereocenters. The number of rotatable bonds is 5. The smallest absolute Gasteiger partial charge is 0.226 e. The molecule has 0 saturated carbocycles. The lowest BCUT2D eigenvalue weighted by molar-refractivity contribution is -0.120. The molecule has 2 aromatic carbocycles. The van der Waals surface area contributed by atoms with Gasteiger partial charge in [-0.2, -0.15) is 0 Å². The van der Waals surface area contributed by atoms with E-state index >= 15 is 0 Å². The molecule has 4 nitrogen and oxygen atoms in total. The predicted octanol–water partition coefficient (Wildman–Crippen LogP) is 4.82. The van der Waals surface area contributed by atoms with Crippen LogP contribution in [0.25, 0.3) is 16.9 Å². The number of halogens is 1. The van der Waals surface area contributed by atoms with Gasteiger partial charge in [-0.3, -0.25) is 4.79 Å². The number of aromatic nitrogens is 2. The molecule has 0 aliphatic rings. The second-order valence-corrected chi connectivity index (χ2v) is 7.22. The number of fused-ring (bicyclic) bond motifs is 1. The second-order valence-electron chi connectivity index (χ2n) is 6.78. The van der Waals surface area contributed by atoms with Crippen molar-refractivity contribution in [1.82, 2.24) is 14.7 Å². The summed E-state index contributed by atoms with van der Waals surface area (Å²) in [4.78, 5) is 17.4. The van der Waals surface area contributed by atoms with E-state index in [-0.39, 0.29) is 12.3 Å². The van der Waals surface area contributed by atoms with Crippen molar-refractivity contribution in [2.45, 2.75) is 19.9 Å². The lowest BCUT2D eigenvalue weighted by Gasteiger charge is -2.08. The van der Waals surface area contributed by atoms with E-state index in [0.29, 0.717) is 11.6 Å². The SMILES string of the molecule is Cc1ccc(CNC(=O)Cc2c(-c3ccc(Cl)cc3)nc3ccccn23)cc1. The topological polar surface area (TPSA) is 46.4 Å². The highest BCUT2D eigenvalue weighted by molar-refractivity contribution is 6.30. The molecule has 0 aliphatic heterocycles. The van der Waals surface area contributed by atoms with Gasteiger partial charge >= 0.3 is 0 Å². The van der Waals surface area contributed by atoms with Crippen LogP contribution in [0.3, 0.4) is 0 Å². The van der Waals surface area contributed by atoms with Crippen LogP contribution < -0.4 is 5.32 Å². The molecule has 0 bridgehead atoms. The summed E-state index contributed by atoms with van der Waals surface area (Å²) in [7, 11) is 0. The minimum absolute atomic E-state index is 0.0403. The van der Waals surface area contributed by atoms with Crippen molar-refractivity contribution in [3.05, 3.63) is 94.8 Å². The zero-order valence-corrected chi connectivity index (χ0v) is 16.3. The number of imidazole rings is 1. The van der Waals surface area contributed by atoms with Crippen LogP contribution in [0.2, 0.25) is 5.02 Å². The molecule has 0 fully saturated rings. The van der Waals surface area contributed by atoms with E-state index in [1.54, 1.807) is 0 Å². The van der Waals surface area contributed by atoms with E-state index in [2.05, 4.69) is 5.32 Å². The van der Waals surface area contributed by atoms with E-state index in [0.717, 1.165) is 28.2 Å². The molecule has 0 saturated heterocycles. The fourth-order valence-corrected chi connectivity index (χ4v) is 3.30. The zero-order valence-electron chi connectivity index (χ0n) is 15.5. The van der Waals surface area contributed by atoms with Crippen LogP contribution in [-0.4, -0.2) is 15.3 Å². The number of benzene rings is 2. The van der Waals surface area contributed by atoms with Gasteiger partial charge < -0.3 is 9.72 Å². The Labute approximate surface area is 168 Å². The van der Waals surface area contributed by atoms with Crippen LogP contribution in [0.1, 0.15) is 16.8 Å². The van der Waals surface area contributed by atoms with Crippen molar-refractivity contribution in [2.24, 2.45) is 0 Å². The van der Waals surface area contributed by atoms with Crippen LogP contribution >= 0.6 is 11.6 Å². The molecule has 4 aromatic rings. The van der Waals surface area contributed by atoms with Gasteiger partial charge in [-0.15, -0.1) is 0 Å². The molecule has 5 heteroatoms. The largest absolute Gasteiger partial charge is 0.352 e. The Morgan fingerprint density at radius 1 is 1.04 bits per heavy atom. The third-order valence-corrected chi connectivity index (χ3v) is 4.94. The molecule has 4 rings (SSSR count). The van der Waals surface area contributed by atoms with Crippen molar-refractivity contribution in [3.8, 4) is 11.3 Å². The molecule has 1 amide bonds. The van der Waals surface area contributed by atoms with Gasteiger partial charge in [0, 0.05) is 23.3 Å². The van der Waals surface area contributed by atoms with Gasteiger partial charge in [0.1, 0.15) is 5.65 Å². The Balaban J connectivity index is 1.59. The van der Waals surface area contributed by atoms with E-state index in [1.165, 1.54) is 5.56 Å². The molecule has 0 atom stereocenters.